The summed E-state index contributed by atoms with van der Waals surface area (Å²) in [7, 11) is 0. The van der Waals surface area contributed by atoms with E-state index < -0.39 is 0 Å². The summed E-state index contributed by atoms with van der Waals surface area (Å²) in [6.07, 6.45) is 1.82. The highest BCUT2D eigenvalue weighted by molar-refractivity contribution is 7.99. The number of hydrogen-bond acceptors (Lipinski definition) is 7. The van der Waals surface area contributed by atoms with E-state index in [1.54, 1.807) is 11.3 Å². The van der Waals surface area contributed by atoms with Crippen LogP contribution in [0.2, 0.25) is 0 Å². The molecule has 0 fully saturated rings. The van der Waals surface area contributed by atoms with Crippen molar-refractivity contribution in [1.29, 1.82) is 0 Å². The number of thiazole rings is 1. The largest absolute Gasteiger partial charge is 0.301 e. The first-order valence-electron chi connectivity index (χ1n) is 11.3. The number of hydrogen-bond donors (Lipinski definition) is 1. The molecule has 36 heavy (non-hydrogen) atoms. The third-order valence-corrected chi connectivity index (χ3v) is 8.10. The molecule has 6 nitrogen and oxygen atoms in total. The Morgan fingerprint density at radius 3 is 2.47 bits per heavy atom. The zero-order valence-electron chi connectivity index (χ0n) is 19.5. The minimum absolute atomic E-state index is 0.139. The summed E-state index contributed by atoms with van der Waals surface area (Å²) in [4.78, 5) is 18.4. The number of benzene rings is 2. The summed E-state index contributed by atoms with van der Waals surface area (Å²) < 4.78 is 2.01. The summed E-state index contributed by atoms with van der Waals surface area (Å²) in [6.45, 7) is 6.57. The van der Waals surface area contributed by atoms with Crippen LogP contribution in [-0.2, 0) is 11.3 Å². The van der Waals surface area contributed by atoms with Gasteiger partial charge in [0.25, 0.3) is 0 Å². The number of nitrogens with zero attached hydrogens (tertiary/aromatic N) is 4. The summed E-state index contributed by atoms with van der Waals surface area (Å²) in [6, 6.07) is 20.2. The molecule has 180 valence electrons. The van der Waals surface area contributed by atoms with Gasteiger partial charge in [0.1, 0.15) is 0 Å². The standard InChI is InChI=1S/C27H23N5OS3/c1-3-14-32-25(21-15-34-18(2)24(21)20-12-8-5-9-13-20)30-31-27(32)36-17-23(33)29-26-28-22(16-35-26)19-10-6-4-7-11-19/h3-13,15-16H,1,14,17H2,2H3,(H,28,29,33). The molecule has 0 saturated heterocycles. The van der Waals surface area contributed by atoms with Crippen LogP contribution in [-0.4, -0.2) is 31.4 Å². The molecular weight excluding hydrogens is 507 g/mol. The maximum atomic E-state index is 12.7. The van der Waals surface area contributed by atoms with Crippen molar-refractivity contribution in [3.05, 3.63) is 89.0 Å². The van der Waals surface area contributed by atoms with Crippen LogP contribution in [0.3, 0.4) is 0 Å². The Balaban J connectivity index is 1.32. The Kier molecular flexibility index (Phi) is 7.41. The predicted molar refractivity (Wildman–Crippen MR) is 151 cm³/mol. The Labute approximate surface area is 221 Å². The van der Waals surface area contributed by atoms with Crippen molar-refractivity contribution in [2.75, 3.05) is 11.1 Å². The molecule has 2 aromatic carbocycles. The smallest absolute Gasteiger partial charge is 0.236 e. The number of nitrogens with one attached hydrogen (secondary N) is 1. The van der Waals surface area contributed by atoms with Gasteiger partial charge in [-0.05, 0) is 12.5 Å². The number of thioether (sulfide) groups is 1. The fourth-order valence-electron chi connectivity index (χ4n) is 3.83. The molecule has 0 radical (unpaired) electrons. The topological polar surface area (TPSA) is 72.7 Å². The van der Waals surface area contributed by atoms with Crippen molar-refractivity contribution in [1.82, 2.24) is 19.7 Å². The first kappa shape index (κ1) is 24.2. The van der Waals surface area contributed by atoms with Gasteiger partial charge in [0.05, 0.1) is 11.4 Å². The van der Waals surface area contributed by atoms with Gasteiger partial charge in [0.2, 0.25) is 5.91 Å². The van der Waals surface area contributed by atoms with Gasteiger partial charge in [-0.2, -0.15) is 0 Å². The highest BCUT2D eigenvalue weighted by atomic mass is 32.2. The van der Waals surface area contributed by atoms with Crippen LogP contribution >= 0.6 is 34.4 Å². The first-order chi connectivity index (χ1) is 17.6. The molecule has 5 aromatic rings. The quantitative estimate of drug-likeness (QED) is 0.164. The van der Waals surface area contributed by atoms with Crippen molar-refractivity contribution < 1.29 is 4.79 Å². The van der Waals surface area contributed by atoms with Crippen LogP contribution in [0.4, 0.5) is 5.13 Å². The SMILES string of the molecule is C=CCn1c(SCC(=O)Nc2nc(-c3ccccc3)cs2)nnc1-c1csc(C)c1-c1ccccc1. The lowest BCUT2D eigenvalue weighted by Gasteiger charge is -2.09. The number of allylic oxidation sites excluding steroid dienone is 1. The van der Waals surface area contributed by atoms with Gasteiger partial charge in [0, 0.05) is 38.9 Å². The molecule has 0 aliphatic carbocycles. The van der Waals surface area contributed by atoms with E-state index in [2.05, 4.69) is 51.5 Å². The molecule has 1 amide bonds. The minimum atomic E-state index is -0.139. The van der Waals surface area contributed by atoms with E-state index >= 15 is 0 Å². The second-order valence-electron chi connectivity index (χ2n) is 7.89. The predicted octanol–water partition coefficient (Wildman–Crippen LogP) is 7.02. The molecule has 0 aliphatic rings. The van der Waals surface area contributed by atoms with Gasteiger partial charge in [-0.3, -0.25) is 9.36 Å². The number of amides is 1. The lowest BCUT2D eigenvalue weighted by Crippen LogP contribution is -2.14. The van der Waals surface area contributed by atoms with E-state index in [4.69, 9.17) is 0 Å². The Hall–Kier alpha value is -3.53. The van der Waals surface area contributed by atoms with Gasteiger partial charge in [-0.25, -0.2) is 4.98 Å². The van der Waals surface area contributed by atoms with E-state index in [-0.39, 0.29) is 11.7 Å². The Bertz CT molecular complexity index is 1490. The van der Waals surface area contributed by atoms with E-state index in [9.17, 15) is 4.79 Å². The molecule has 3 aromatic heterocycles. The lowest BCUT2D eigenvalue weighted by atomic mass is 10.0. The van der Waals surface area contributed by atoms with Gasteiger partial charge in [-0.15, -0.1) is 39.4 Å². The van der Waals surface area contributed by atoms with Crippen molar-refractivity contribution in [3.63, 3.8) is 0 Å². The van der Waals surface area contributed by atoms with Crippen LogP contribution in [0, 0.1) is 6.92 Å². The average molecular weight is 530 g/mol. The molecule has 0 spiro atoms. The number of carbonyl (C=O) groups is 1. The van der Waals surface area contributed by atoms with E-state index in [0.717, 1.165) is 33.8 Å². The number of aromatic nitrogens is 4. The first-order valence-corrected chi connectivity index (χ1v) is 14.0. The summed E-state index contributed by atoms with van der Waals surface area (Å²) in [5.41, 5.74) is 5.20. The zero-order valence-corrected chi connectivity index (χ0v) is 22.0. The number of carbonyl (C=O) groups excluding carboxylic acids is 1. The Morgan fingerprint density at radius 1 is 1.03 bits per heavy atom. The number of rotatable bonds is 9. The molecule has 0 saturated carbocycles. The molecule has 1 N–H and O–H groups in total. The number of aryl methyl sites for hydroxylation is 1. The molecule has 5 rings (SSSR count). The maximum Gasteiger partial charge on any atom is 0.236 e. The highest BCUT2D eigenvalue weighted by Gasteiger charge is 2.21. The van der Waals surface area contributed by atoms with Crippen LogP contribution in [0.25, 0.3) is 33.8 Å². The molecule has 0 atom stereocenters. The van der Waals surface area contributed by atoms with Gasteiger partial charge in [-0.1, -0.05) is 78.5 Å². The third kappa shape index (κ3) is 5.18. The molecule has 0 bridgehead atoms. The van der Waals surface area contributed by atoms with Crippen molar-refractivity contribution >= 4 is 45.5 Å². The minimum Gasteiger partial charge on any atom is -0.301 e. The molecule has 3 heterocycles. The van der Waals surface area contributed by atoms with Gasteiger partial charge >= 0.3 is 0 Å². The number of thiophene rings is 1. The second-order valence-corrected chi connectivity index (χ2v) is 10.8. The second kappa shape index (κ2) is 11.0. The van der Waals surface area contributed by atoms with Crippen LogP contribution in [0.5, 0.6) is 0 Å². The summed E-state index contributed by atoms with van der Waals surface area (Å²) in [5, 5.41) is 17.1. The van der Waals surface area contributed by atoms with Gasteiger partial charge in [0.15, 0.2) is 16.1 Å². The fourth-order valence-corrected chi connectivity index (χ4v) is 6.18. The summed E-state index contributed by atoms with van der Waals surface area (Å²) >= 11 is 4.46. The average Bonchev–Trinajstić information content (AvgIpc) is 3.63. The monoisotopic (exact) mass is 529 g/mol. The van der Waals surface area contributed by atoms with Crippen molar-refractivity contribution in [2.45, 2.75) is 18.6 Å². The fraction of sp³-hybridized carbons (Fsp3) is 0.111. The lowest BCUT2D eigenvalue weighted by molar-refractivity contribution is -0.113. The van der Waals surface area contributed by atoms with Crippen LogP contribution in [0.1, 0.15) is 4.88 Å². The van der Waals surface area contributed by atoms with E-state index in [0.29, 0.717) is 16.8 Å². The van der Waals surface area contributed by atoms with Crippen LogP contribution < -0.4 is 5.32 Å². The van der Waals surface area contributed by atoms with Crippen molar-refractivity contribution in [3.8, 4) is 33.8 Å². The third-order valence-electron chi connectivity index (χ3n) is 5.46. The molecule has 0 unspecified atom stereocenters. The Morgan fingerprint density at radius 2 is 1.75 bits per heavy atom. The normalized spacial score (nSPS) is 10.9. The van der Waals surface area contributed by atoms with Crippen molar-refractivity contribution in [2.24, 2.45) is 0 Å². The highest BCUT2D eigenvalue weighted by Crippen LogP contribution is 2.39. The molecular formula is C27H23N5OS3. The summed E-state index contributed by atoms with van der Waals surface area (Å²) in [5.74, 6) is 0.831. The van der Waals surface area contributed by atoms with Gasteiger partial charge < -0.3 is 5.32 Å². The zero-order chi connectivity index (χ0) is 24.9. The molecule has 9 heteroatoms. The van der Waals surface area contributed by atoms with E-state index in [1.165, 1.54) is 28.0 Å². The number of anilines is 1. The molecule has 0 aliphatic heterocycles. The maximum absolute atomic E-state index is 12.7. The van der Waals surface area contributed by atoms with Crippen LogP contribution in [0.15, 0.2) is 89.2 Å². The van der Waals surface area contributed by atoms with E-state index in [1.807, 2.05) is 64.6 Å².